The van der Waals surface area contributed by atoms with Crippen LogP contribution in [0.5, 0.6) is 0 Å². The molecule has 0 aliphatic carbocycles. The molecule has 0 atom stereocenters. The van der Waals surface area contributed by atoms with Crippen LogP contribution in [0.3, 0.4) is 0 Å². The predicted octanol–water partition coefficient (Wildman–Crippen LogP) is -1.36. The zero-order chi connectivity index (χ0) is 13.8. The summed E-state index contributed by atoms with van der Waals surface area (Å²) in [6, 6.07) is 9.94. The van der Waals surface area contributed by atoms with Crippen LogP contribution in [-0.4, -0.2) is 11.1 Å². The van der Waals surface area contributed by atoms with Gasteiger partial charge in [0.25, 0.3) is 0 Å². The summed E-state index contributed by atoms with van der Waals surface area (Å²) in [7, 11) is 0. The van der Waals surface area contributed by atoms with Crippen molar-refractivity contribution in [3.63, 3.8) is 0 Å². The van der Waals surface area contributed by atoms with E-state index in [4.69, 9.17) is 17.3 Å². The highest BCUT2D eigenvalue weighted by Crippen LogP contribution is 2.24. The molecule has 7 heteroatoms. The van der Waals surface area contributed by atoms with Crippen molar-refractivity contribution in [2.45, 2.75) is 6.54 Å². The molecule has 5 nitrogen and oxygen atoms in total. The number of rotatable bonds is 3. The average molecular weight is 314 g/mol. The van der Waals surface area contributed by atoms with E-state index in [-0.39, 0.29) is 29.7 Å². The molecule has 0 radical (unpaired) electrons. The molecule has 0 aliphatic heterocycles. The van der Waals surface area contributed by atoms with Gasteiger partial charge in [0.1, 0.15) is 0 Å². The summed E-state index contributed by atoms with van der Waals surface area (Å²) in [4.78, 5) is 11.9. The van der Waals surface area contributed by atoms with Crippen molar-refractivity contribution >= 4 is 28.9 Å². The molecule has 0 spiro atoms. The SMILES string of the molecule is Nc1ccc(N(O)C(=O)C[n+]2ccccc2)cc1Cl.[Cl-]. The molecular formula is C13H13Cl2N3O2. The number of hydrogen-bond donors (Lipinski definition) is 2. The zero-order valence-corrected chi connectivity index (χ0v) is 11.9. The largest absolute Gasteiger partial charge is 1.00 e. The van der Waals surface area contributed by atoms with Gasteiger partial charge in [-0.25, -0.2) is 0 Å². The molecule has 2 rings (SSSR count). The van der Waals surface area contributed by atoms with Gasteiger partial charge in [0, 0.05) is 12.1 Å². The highest BCUT2D eigenvalue weighted by Gasteiger charge is 2.18. The van der Waals surface area contributed by atoms with Gasteiger partial charge in [0.15, 0.2) is 12.4 Å². The number of hydroxylamine groups is 1. The van der Waals surface area contributed by atoms with E-state index in [9.17, 15) is 10.0 Å². The highest BCUT2D eigenvalue weighted by molar-refractivity contribution is 6.33. The average Bonchev–Trinajstić information content (AvgIpc) is 2.42. The number of nitrogens with zero attached hydrogens (tertiary/aromatic N) is 2. The third kappa shape index (κ3) is 3.84. The summed E-state index contributed by atoms with van der Waals surface area (Å²) in [6.45, 7) is 0.0271. The van der Waals surface area contributed by atoms with Crippen LogP contribution in [-0.2, 0) is 11.3 Å². The van der Waals surface area contributed by atoms with Crippen LogP contribution in [0.1, 0.15) is 0 Å². The normalized spacial score (nSPS) is 9.70. The third-order valence-electron chi connectivity index (χ3n) is 2.56. The number of carbonyl (C=O) groups excluding carboxylic acids is 1. The predicted molar refractivity (Wildman–Crippen MR) is 71.8 cm³/mol. The van der Waals surface area contributed by atoms with Crippen LogP contribution in [0, 0.1) is 0 Å². The monoisotopic (exact) mass is 313 g/mol. The van der Waals surface area contributed by atoms with E-state index in [0.29, 0.717) is 10.8 Å². The Hall–Kier alpha value is -1.82. The number of nitrogen functional groups attached to an aromatic ring is 1. The first kappa shape index (κ1) is 16.2. The number of aromatic nitrogens is 1. The minimum absolute atomic E-state index is 0. The summed E-state index contributed by atoms with van der Waals surface area (Å²) in [5, 5.41) is 10.7. The van der Waals surface area contributed by atoms with Gasteiger partial charge in [-0.1, -0.05) is 17.7 Å². The van der Waals surface area contributed by atoms with Crippen LogP contribution in [0.25, 0.3) is 0 Å². The van der Waals surface area contributed by atoms with Crippen LogP contribution in [0.2, 0.25) is 5.02 Å². The van der Waals surface area contributed by atoms with Crippen molar-refractivity contribution in [2.24, 2.45) is 0 Å². The van der Waals surface area contributed by atoms with Crippen LogP contribution in [0.15, 0.2) is 48.8 Å². The molecule has 1 amide bonds. The maximum Gasteiger partial charge on any atom is 0.316 e. The first-order valence-electron chi connectivity index (χ1n) is 5.59. The lowest BCUT2D eigenvalue weighted by Gasteiger charge is -2.14. The second kappa shape index (κ2) is 7.09. The van der Waals surface area contributed by atoms with Crippen molar-refractivity contribution in [3.05, 3.63) is 53.8 Å². The molecule has 3 N–H and O–H groups in total. The molecule has 2 aromatic rings. The molecule has 20 heavy (non-hydrogen) atoms. The minimum atomic E-state index is -0.475. The van der Waals surface area contributed by atoms with Gasteiger partial charge < -0.3 is 18.1 Å². The first-order chi connectivity index (χ1) is 9.08. The van der Waals surface area contributed by atoms with Crippen LogP contribution < -0.4 is 27.8 Å². The number of anilines is 2. The van der Waals surface area contributed by atoms with Gasteiger partial charge in [0.05, 0.1) is 16.4 Å². The van der Waals surface area contributed by atoms with E-state index in [1.54, 1.807) is 29.1 Å². The number of pyridine rings is 1. The molecule has 1 aromatic heterocycles. The fourth-order valence-electron chi connectivity index (χ4n) is 1.55. The Morgan fingerprint density at radius 1 is 1.30 bits per heavy atom. The number of hydrogen-bond acceptors (Lipinski definition) is 3. The van der Waals surface area contributed by atoms with Crippen molar-refractivity contribution in [3.8, 4) is 0 Å². The molecule has 0 fully saturated rings. The first-order valence-corrected chi connectivity index (χ1v) is 5.96. The molecular weight excluding hydrogens is 301 g/mol. The van der Waals surface area contributed by atoms with Crippen molar-refractivity contribution in [2.75, 3.05) is 10.8 Å². The summed E-state index contributed by atoms with van der Waals surface area (Å²) >= 11 is 5.84. The highest BCUT2D eigenvalue weighted by atomic mass is 35.5. The lowest BCUT2D eigenvalue weighted by atomic mass is 10.3. The van der Waals surface area contributed by atoms with Gasteiger partial charge in [-0.15, -0.1) is 0 Å². The number of carbonyl (C=O) groups is 1. The molecule has 0 aliphatic rings. The maximum absolute atomic E-state index is 11.9. The number of amides is 1. The van der Waals surface area contributed by atoms with Crippen molar-refractivity contribution in [1.82, 2.24) is 0 Å². The van der Waals surface area contributed by atoms with Crippen molar-refractivity contribution < 1.29 is 27.0 Å². The van der Waals surface area contributed by atoms with Gasteiger partial charge in [-0.05, 0) is 18.2 Å². The molecule has 1 aromatic carbocycles. The Morgan fingerprint density at radius 2 is 1.95 bits per heavy atom. The molecule has 1 heterocycles. The molecule has 0 bridgehead atoms. The Balaban J connectivity index is 0.00000200. The van der Waals surface area contributed by atoms with E-state index in [1.165, 1.54) is 18.2 Å². The van der Waals surface area contributed by atoms with E-state index in [1.807, 2.05) is 6.07 Å². The Kier molecular flexibility index (Phi) is 5.76. The van der Waals surface area contributed by atoms with E-state index < -0.39 is 5.91 Å². The molecule has 0 saturated carbocycles. The third-order valence-corrected chi connectivity index (χ3v) is 2.89. The van der Waals surface area contributed by atoms with E-state index >= 15 is 0 Å². The van der Waals surface area contributed by atoms with Gasteiger partial charge in [-0.2, -0.15) is 9.63 Å². The summed E-state index contributed by atoms with van der Waals surface area (Å²) in [5.74, 6) is -0.475. The lowest BCUT2D eigenvalue weighted by Crippen LogP contribution is -3.00. The standard InChI is InChI=1S/C13H13ClN3O2.ClH/c14-11-8-10(4-5-12(11)15)17(19)13(18)9-16-6-2-1-3-7-16;/h1-8,19H,9,15H2;1H/q+1;/p-1. The second-order valence-electron chi connectivity index (χ2n) is 3.96. The summed E-state index contributed by atoms with van der Waals surface area (Å²) in [6.07, 6.45) is 3.48. The van der Waals surface area contributed by atoms with Gasteiger partial charge >= 0.3 is 5.91 Å². The number of halogens is 2. The molecule has 0 saturated heterocycles. The zero-order valence-electron chi connectivity index (χ0n) is 10.4. The summed E-state index contributed by atoms with van der Waals surface area (Å²) in [5.41, 5.74) is 6.24. The molecule has 0 unspecified atom stereocenters. The Morgan fingerprint density at radius 3 is 2.55 bits per heavy atom. The van der Waals surface area contributed by atoms with Gasteiger partial charge in [0.2, 0.25) is 6.54 Å². The summed E-state index contributed by atoms with van der Waals surface area (Å²) < 4.78 is 1.66. The van der Waals surface area contributed by atoms with E-state index in [2.05, 4.69) is 0 Å². The number of benzene rings is 1. The fraction of sp³-hybridized carbons (Fsp3) is 0.0769. The quantitative estimate of drug-likeness (QED) is 0.318. The number of nitrogens with two attached hydrogens (primary N) is 1. The van der Waals surface area contributed by atoms with Crippen molar-refractivity contribution in [1.29, 1.82) is 0 Å². The Bertz CT molecular complexity index is 593. The van der Waals surface area contributed by atoms with E-state index in [0.717, 1.165) is 0 Å². The second-order valence-corrected chi connectivity index (χ2v) is 4.37. The van der Waals surface area contributed by atoms with Crippen LogP contribution >= 0.6 is 11.6 Å². The fourth-order valence-corrected chi connectivity index (χ4v) is 1.73. The lowest BCUT2D eigenvalue weighted by molar-refractivity contribution is -0.684. The smallest absolute Gasteiger partial charge is 0.316 e. The van der Waals surface area contributed by atoms with Crippen LogP contribution in [0.4, 0.5) is 11.4 Å². The minimum Gasteiger partial charge on any atom is -1.00 e. The maximum atomic E-state index is 11.9. The Labute approximate surface area is 127 Å². The topological polar surface area (TPSA) is 70.4 Å². The van der Waals surface area contributed by atoms with Gasteiger partial charge in [-0.3, -0.25) is 10.0 Å². The molecule has 106 valence electrons.